The molecule has 1 aliphatic rings. The van der Waals surface area contributed by atoms with Crippen LogP contribution in [0.15, 0.2) is 47.8 Å². The topological polar surface area (TPSA) is 104 Å². The minimum atomic E-state index is -0.402. The van der Waals surface area contributed by atoms with Crippen molar-refractivity contribution in [2.24, 2.45) is 0 Å². The Morgan fingerprint density at radius 3 is 3.04 bits per heavy atom. The van der Waals surface area contributed by atoms with Crippen LogP contribution in [0.2, 0.25) is 0 Å². The number of hydrogen-bond donors (Lipinski definition) is 2. The average Bonchev–Trinajstić information content (AvgIpc) is 3.34. The van der Waals surface area contributed by atoms with Crippen molar-refractivity contribution < 1.29 is 8.98 Å². The van der Waals surface area contributed by atoms with E-state index in [1.54, 1.807) is 4.90 Å². The van der Waals surface area contributed by atoms with Gasteiger partial charge >= 0.3 is 5.69 Å². The van der Waals surface area contributed by atoms with Crippen molar-refractivity contribution in [2.75, 3.05) is 6.54 Å². The highest BCUT2D eigenvalue weighted by Crippen LogP contribution is 2.33. The molecule has 1 atom stereocenters. The molecule has 27 heavy (non-hydrogen) atoms. The zero-order chi connectivity index (χ0) is 18.8. The number of aromatic nitrogens is 4. The molecule has 2 N–H and O–H groups in total. The average molecular weight is 383 g/mol. The van der Waals surface area contributed by atoms with Crippen LogP contribution in [0.1, 0.15) is 12.8 Å². The number of benzene rings is 1. The van der Waals surface area contributed by atoms with Crippen molar-refractivity contribution in [3.05, 3.63) is 53.5 Å². The van der Waals surface area contributed by atoms with Crippen LogP contribution in [-0.4, -0.2) is 42.9 Å². The molecule has 2 aromatic heterocycles. The first-order chi connectivity index (χ1) is 13.2. The van der Waals surface area contributed by atoms with Crippen LogP contribution in [0.25, 0.3) is 22.3 Å². The molecule has 1 fully saturated rings. The molecule has 0 radical (unpaired) electrons. The van der Waals surface area contributed by atoms with E-state index >= 15 is 0 Å². The lowest BCUT2D eigenvalue weighted by Crippen LogP contribution is -2.32. The van der Waals surface area contributed by atoms with Crippen LogP contribution < -0.4 is 9.87 Å². The van der Waals surface area contributed by atoms with E-state index in [1.807, 2.05) is 30.3 Å². The van der Waals surface area contributed by atoms with Gasteiger partial charge < -0.3 is 9.08 Å². The highest BCUT2D eigenvalue weighted by Gasteiger charge is 2.29. The quantitative estimate of drug-likeness (QED) is 0.518. The van der Waals surface area contributed by atoms with Gasteiger partial charge in [-0.3, -0.25) is 9.78 Å². The van der Waals surface area contributed by atoms with E-state index in [0.717, 1.165) is 23.6 Å². The van der Waals surface area contributed by atoms with Crippen LogP contribution >= 0.6 is 12.0 Å². The Balaban J connectivity index is 1.65. The van der Waals surface area contributed by atoms with E-state index in [4.69, 9.17) is 4.18 Å². The lowest BCUT2D eigenvalue weighted by molar-refractivity contribution is -0.125. The van der Waals surface area contributed by atoms with Crippen molar-refractivity contribution in [2.45, 2.75) is 18.2 Å². The second kappa shape index (κ2) is 7.28. The number of nitrogens with zero attached hydrogens (tertiary/aromatic N) is 3. The Morgan fingerprint density at radius 1 is 1.41 bits per heavy atom. The third-order valence-electron chi connectivity index (χ3n) is 4.34. The fourth-order valence-electron chi connectivity index (χ4n) is 3.05. The van der Waals surface area contributed by atoms with Crippen LogP contribution in [0.5, 0.6) is 5.88 Å². The zero-order valence-electron chi connectivity index (χ0n) is 14.3. The van der Waals surface area contributed by atoms with Crippen LogP contribution in [0.4, 0.5) is 0 Å². The highest BCUT2D eigenvalue weighted by molar-refractivity contribution is 7.95. The second-order valence-electron chi connectivity index (χ2n) is 6.07. The van der Waals surface area contributed by atoms with Gasteiger partial charge in [0.1, 0.15) is 11.1 Å². The molecule has 0 bridgehead atoms. The van der Waals surface area contributed by atoms with Gasteiger partial charge in [-0.05, 0) is 36.4 Å². The maximum Gasteiger partial charge on any atom is 0.340 e. The lowest BCUT2D eigenvalue weighted by Gasteiger charge is -2.21. The molecule has 0 saturated carbocycles. The molecule has 3 aromatic rings. The van der Waals surface area contributed by atoms with E-state index < -0.39 is 5.69 Å². The van der Waals surface area contributed by atoms with Gasteiger partial charge in [-0.25, -0.2) is 14.9 Å². The summed E-state index contributed by atoms with van der Waals surface area (Å²) in [7, 11) is 0. The summed E-state index contributed by atoms with van der Waals surface area (Å²) in [6, 6.07) is 9.50. The Morgan fingerprint density at radius 2 is 2.26 bits per heavy atom. The van der Waals surface area contributed by atoms with Gasteiger partial charge in [0.05, 0.1) is 12.0 Å². The molecule has 0 aliphatic carbocycles. The Kier molecular flexibility index (Phi) is 4.68. The molecule has 1 aliphatic heterocycles. The summed E-state index contributed by atoms with van der Waals surface area (Å²) in [5.41, 5.74) is 0.0921. The van der Waals surface area contributed by atoms with E-state index in [9.17, 15) is 9.59 Å². The number of nitrogens with one attached hydrogen (secondary N) is 2. The first kappa shape index (κ1) is 17.3. The fourth-order valence-corrected chi connectivity index (χ4v) is 3.96. The number of H-pyrrole nitrogens is 2. The normalized spacial score (nSPS) is 16.6. The number of amides is 1. The van der Waals surface area contributed by atoms with Gasteiger partial charge in [0.15, 0.2) is 5.82 Å². The number of aromatic amines is 2. The first-order valence-corrected chi connectivity index (χ1v) is 9.27. The number of fused-ring (bicyclic) bond motifs is 1. The highest BCUT2D eigenvalue weighted by atomic mass is 32.2. The van der Waals surface area contributed by atoms with Gasteiger partial charge in [0.2, 0.25) is 11.8 Å². The molecule has 4 rings (SSSR count). The zero-order valence-corrected chi connectivity index (χ0v) is 15.2. The first-order valence-electron chi connectivity index (χ1n) is 8.47. The van der Waals surface area contributed by atoms with Gasteiger partial charge in [0.25, 0.3) is 0 Å². The van der Waals surface area contributed by atoms with Crippen molar-refractivity contribution in [3.8, 4) is 17.4 Å². The number of hydrogen-bond acceptors (Lipinski definition) is 6. The molecule has 1 saturated heterocycles. The number of carbonyl (C=O) groups excluding carboxylic acids is 1. The number of carbonyl (C=O) groups is 1. The van der Waals surface area contributed by atoms with E-state index in [0.29, 0.717) is 23.9 Å². The molecule has 138 valence electrons. The Bertz CT molecular complexity index is 1060. The van der Waals surface area contributed by atoms with Crippen molar-refractivity contribution >= 4 is 28.7 Å². The largest absolute Gasteiger partial charge is 0.403 e. The maximum atomic E-state index is 12.0. The molecule has 8 nitrogen and oxygen atoms in total. The van der Waals surface area contributed by atoms with Crippen molar-refractivity contribution in [3.63, 3.8) is 0 Å². The molecule has 9 heteroatoms. The third kappa shape index (κ3) is 3.45. The standard InChI is InChI=1S/C18H17N5O3S/c1-2-14(24)23-9-5-8-15(23)27-26-17-12-7-4-3-6-11(12)10-13(19-17)16-20-18(25)22-21-16/h2-4,6-7,10,15H,1,5,8-9H2,(H2,20,21,22,25). The number of pyridine rings is 1. The Labute approximate surface area is 158 Å². The third-order valence-corrected chi connectivity index (χ3v) is 5.31. The maximum absolute atomic E-state index is 12.0. The molecule has 1 aromatic carbocycles. The summed E-state index contributed by atoms with van der Waals surface area (Å²) in [6.45, 7) is 4.24. The second-order valence-corrected chi connectivity index (χ2v) is 6.98. The molecule has 0 spiro atoms. The van der Waals surface area contributed by atoms with Crippen LogP contribution in [0, 0.1) is 0 Å². The summed E-state index contributed by atoms with van der Waals surface area (Å²) >= 11 is 1.21. The summed E-state index contributed by atoms with van der Waals surface area (Å²) in [4.78, 5) is 32.2. The van der Waals surface area contributed by atoms with Gasteiger partial charge in [-0.2, -0.15) is 5.10 Å². The minimum Gasteiger partial charge on any atom is -0.403 e. The monoisotopic (exact) mass is 383 g/mol. The predicted octanol–water partition coefficient (Wildman–Crippen LogP) is 2.47. The van der Waals surface area contributed by atoms with E-state index in [2.05, 4.69) is 26.7 Å². The summed E-state index contributed by atoms with van der Waals surface area (Å²) in [5.74, 6) is 0.647. The van der Waals surface area contributed by atoms with Gasteiger partial charge in [-0.15, -0.1) is 0 Å². The van der Waals surface area contributed by atoms with Crippen molar-refractivity contribution in [1.29, 1.82) is 0 Å². The predicted molar refractivity (Wildman–Crippen MR) is 103 cm³/mol. The van der Waals surface area contributed by atoms with Crippen molar-refractivity contribution in [1.82, 2.24) is 25.1 Å². The molecule has 3 heterocycles. The fraction of sp³-hybridized carbons (Fsp3) is 0.222. The smallest absolute Gasteiger partial charge is 0.340 e. The lowest BCUT2D eigenvalue weighted by atomic mass is 10.1. The summed E-state index contributed by atoms with van der Waals surface area (Å²) in [6.07, 6.45) is 3.08. The SMILES string of the molecule is C=CC(=O)N1CCCC1SOc1nc(-c2n[nH]c(=O)[nH]2)cc2ccccc12. The molecule has 1 unspecified atom stereocenters. The van der Waals surface area contributed by atoms with Gasteiger partial charge in [-0.1, -0.05) is 24.8 Å². The number of rotatable bonds is 5. The summed E-state index contributed by atoms with van der Waals surface area (Å²) < 4.78 is 5.94. The van der Waals surface area contributed by atoms with E-state index in [1.165, 1.54) is 18.1 Å². The van der Waals surface area contributed by atoms with Crippen LogP contribution in [-0.2, 0) is 4.79 Å². The van der Waals surface area contributed by atoms with Gasteiger partial charge in [0, 0.05) is 11.9 Å². The minimum absolute atomic E-state index is 0.0927. The molecule has 1 amide bonds. The van der Waals surface area contributed by atoms with Crippen LogP contribution in [0.3, 0.4) is 0 Å². The summed E-state index contributed by atoms with van der Waals surface area (Å²) in [5, 5.41) is 7.93. The van der Waals surface area contributed by atoms with E-state index in [-0.39, 0.29) is 11.3 Å². The molecular weight excluding hydrogens is 366 g/mol. The number of likely N-dealkylation sites (tertiary alicyclic amines) is 1. The molecular formula is C18H17N5O3S. The Hall–Kier alpha value is -3.07.